The summed E-state index contributed by atoms with van der Waals surface area (Å²) in [5.41, 5.74) is 0.814. The van der Waals surface area contributed by atoms with Crippen LogP contribution in [0.3, 0.4) is 0 Å². The molecule has 0 aliphatic heterocycles. The number of aryl methyl sites for hydroxylation is 1. The van der Waals surface area contributed by atoms with E-state index in [-0.39, 0.29) is 11.4 Å². The molecule has 2 aromatic carbocycles. The van der Waals surface area contributed by atoms with Gasteiger partial charge >= 0.3 is 0 Å². The predicted molar refractivity (Wildman–Crippen MR) is 100 cm³/mol. The molecule has 0 aliphatic rings. The summed E-state index contributed by atoms with van der Waals surface area (Å²) in [5.74, 6) is -1.02. The van der Waals surface area contributed by atoms with Crippen LogP contribution in [0.5, 0.6) is 0 Å². The smallest absolute Gasteiger partial charge is 0.270 e. The van der Waals surface area contributed by atoms with Crippen LogP contribution in [0.15, 0.2) is 59.4 Å². The minimum absolute atomic E-state index is 0.115. The van der Waals surface area contributed by atoms with Gasteiger partial charge in [-0.2, -0.15) is 5.10 Å². The average molecular weight is 382 g/mol. The molecule has 1 heterocycles. The molecule has 0 saturated carbocycles. The van der Waals surface area contributed by atoms with Gasteiger partial charge in [0.15, 0.2) is 0 Å². The second-order valence-corrected chi connectivity index (χ2v) is 6.03. The number of nitro benzene ring substituents is 1. The molecule has 3 aromatic rings. The molecule has 1 amide bonds. The highest BCUT2D eigenvalue weighted by molar-refractivity contribution is 5.90. The number of nitrogens with one attached hydrogen (secondary N) is 1. The molecule has 3 rings (SSSR count). The maximum atomic E-state index is 13.6. The summed E-state index contributed by atoms with van der Waals surface area (Å²) in [6.07, 6.45) is 0. The molecule has 28 heavy (non-hydrogen) atoms. The fourth-order valence-corrected chi connectivity index (χ4v) is 2.50. The highest BCUT2D eigenvalue weighted by Crippen LogP contribution is 2.21. The van der Waals surface area contributed by atoms with Gasteiger partial charge in [-0.05, 0) is 30.7 Å². The Hall–Kier alpha value is -3.88. The fourth-order valence-electron chi connectivity index (χ4n) is 2.50. The molecule has 0 aliphatic carbocycles. The van der Waals surface area contributed by atoms with E-state index in [2.05, 4.69) is 10.4 Å². The Labute approximate surface area is 158 Å². The van der Waals surface area contributed by atoms with Gasteiger partial charge in [-0.25, -0.2) is 9.07 Å². The first-order valence-electron chi connectivity index (χ1n) is 8.22. The molecule has 0 atom stereocenters. The van der Waals surface area contributed by atoms with Crippen molar-refractivity contribution in [3.05, 3.63) is 86.4 Å². The Morgan fingerprint density at radius 3 is 2.71 bits per heavy atom. The Morgan fingerprint density at radius 2 is 2.00 bits per heavy atom. The summed E-state index contributed by atoms with van der Waals surface area (Å²) >= 11 is 0. The van der Waals surface area contributed by atoms with E-state index < -0.39 is 28.8 Å². The second kappa shape index (κ2) is 7.78. The minimum Gasteiger partial charge on any atom is -0.324 e. The van der Waals surface area contributed by atoms with Gasteiger partial charge in [0.2, 0.25) is 5.91 Å². The molecule has 142 valence electrons. The van der Waals surface area contributed by atoms with Crippen LogP contribution in [0.4, 0.5) is 15.8 Å². The van der Waals surface area contributed by atoms with Crippen LogP contribution in [0.1, 0.15) is 5.56 Å². The van der Waals surface area contributed by atoms with Crippen molar-refractivity contribution in [1.82, 2.24) is 9.78 Å². The van der Waals surface area contributed by atoms with E-state index in [1.165, 1.54) is 42.5 Å². The van der Waals surface area contributed by atoms with Gasteiger partial charge < -0.3 is 5.32 Å². The van der Waals surface area contributed by atoms with Crippen LogP contribution in [0.25, 0.3) is 11.3 Å². The van der Waals surface area contributed by atoms with Gasteiger partial charge in [0.05, 0.1) is 10.6 Å². The van der Waals surface area contributed by atoms with Gasteiger partial charge in [0.1, 0.15) is 12.4 Å². The fraction of sp³-hybridized carbons (Fsp3) is 0.105. The lowest BCUT2D eigenvalue weighted by Crippen LogP contribution is -2.29. The number of anilines is 1. The van der Waals surface area contributed by atoms with E-state index >= 15 is 0 Å². The SMILES string of the molecule is Cc1ccc(NC(=O)Cn2nc(-c3cccc([N+](=O)[O-])c3)ccc2=O)cc1F. The van der Waals surface area contributed by atoms with Crippen molar-refractivity contribution in [2.24, 2.45) is 0 Å². The van der Waals surface area contributed by atoms with Crippen molar-refractivity contribution in [3.63, 3.8) is 0 Å². The number of benzene rings is 2. The number of aromatic nitrogens is 2. The number of carbonyl (C=O) groups excluding carboxylic acids is 1. The van der Waals surface area contributed by atoms with E-state index in [1.54, 1.807) is 19.1 Å². The Kier molecular flexibility index (Phi) is 5.25. The summed E-state index contributed by atoms with van der Waals surface area (Å²) in [4.78, 5) is 34.6. The molecule has 0 unspecified atom stereocenters. The topological polar surface area (TPSA) is 107 Å². The molecular weight excluding hydrogens is 367 g/mol. The van der Waals surface area contributed by atoms with Gasteiger partial charge in [-0.1, -0.05) is 18.2 Å². The number of nitrogens with zero attached hydrogens (tertiary/aromatic N) is 3. The number of non-ortho nitro benzene ring substituents is 1. The summed E-state index contributed by atoms with van der Waals surface area (Å²) in [5, 5.41) is 17.5. The maximum Gasteiger partial charge on any atom is 0.270 e. The predicted octanol–water partition coefficient (Wildman–Crippen LogP) is 2.90. The quantitative estimate of drug-likeness (QED) is 0.539. The van der Waals surface area contributed by atoms with E-state index in [0.717, 1.165) is 4.68 Å². The highest BCUT2D eigenvalue weighted by atomic mass is 19.1. The summed E-state index contributed by atoms with van der Waals surface area (Å²) in [7, 11) is 0. The Morgan fingerprint density at radius 1 is 1.21 bits per heavy atom. The molecule has 1 aromatic heterocycles. The highest BCUT2D eigenvalue weighted by Gasteiger charge is 2.12. The zero-order valence-electron chi connectivity index (χ0n) is 14.8. The van der Waals surface area contributed by atoms with Crippen molar-refractivity contribution in [2.75, 3.05) is 5.32 Å². The van der Waals surface area contributed by atoms with Crippen LogP contribution in [-0.4, -0.2) is 20.6 Å². The second-order valence-electron chi connectivity index (χ2n) is 6.03. The number of nitro groups is 1. The monoisotopic (exact) mass is 382 g/mol. The maximum absolute atomic E-state index is 13.6. The van der Waals surface area contributed by atoms with Crippen LogP contribution in [0, 0.1) is 22.9 Å². The third kappa shape index (κ3) is 4.26. The number of hydrogen-bond acceptors (Lipinski definition) is 5. The molecule has 0 radical (unpaired) electrons. The molecule has 0 spiro atoms. The summed E-state index contributed by atoms with van der Waals surface area (Å²) < 4.78 is 14.5. The number of hydrogen-bond donors (Lipinski definition) is 1. The first kappa shape index (κ1) is 18.9. The van der Waals surface area contributed by atoms with Crippen molar-refractivity contribution < 1.29 is 14.1 Å². The lowest BCUT2D eigenvalue weighted by molar-refractivity contribution is -0.384. The van der Waals surface area contributed by atoms with Gasteiger partial charge in [-0.3, -0.25) is 19.7 Å². The van der Waals surface area contributed by atoms with E-state index in [1.807, 2.05) is 0 Å². The number of rotatable bonds is 5. The van der Waals surface area contributed by atoms with Crippen LogP contribution >= 0.6 is 0 Å². The van der Waals surface area contributed by atoms with Crippen molar-refractivity contribution in [2.45, 2.75) is 13.5 Å². The minimum atomic E-state index is -0.561. The number of carbonyl (C=O) groups is 1. The average Bonchev–Trinajstić information content (AvgIpc) is 2.66. The van der Waals surface area contributed by atoms with Crippen molar-refractivity contribution in [1.29, 1.82) is 0 Å². The van der Waals surface area contributed by atoms with Crippen LogP contribution in [0.2, 0.25) is 0 Å². The van der Waals surface area contributed by atoms with Crippen LogP contribution in [-0.2, 0) is 11.3 Å². The molecule has 0 fully saturated rings. The van der Waals surface area contributed by atoms with E-state index in [0.29, 0.717) is 16.8 Å². The van der Waals surface area contributed by atoms with Crippen molar-refractivity contribution >= 4 is 17.3 Å². The largest absolute Gasteiger partial charge is 0.324 e. The summed E-state index contributed by atoms with van der Waals surface area (Å²) in [6.45, 7) is 1.21. The standard InChI is InChI=1S/C19H15FN4O4/c1-12-5-6-14(10-16(12)20)21-18(25)11-23-19(26)8-7-17(22-23)13-3-2-4-15(9-13)24(27)28/h2-10H,11H2,1H3,(H,21,25). The third-order valence-corrected chi connectivity index (χ3v) is 3.97. The molecular formula is C19H15FN4O4. The number of halogens is 1. The van der Waals surface area contributed by atoms with Gasteiger partial charge in [0, 0.05) is 29.4 Å². The summed E-state index contributed by atoms with van der Waals surface area (Å²) in [6, 6.07) is 12.7. The molecule has 1 N–H and O–H groups in total. The lowest BCUT2D eigenvalue weighted by Gasteiger charge is -2.09. The van der Waals surface area contributed by atoms with Crippen molar-refractivity contribution in [3.8, 4) is 11.3 Å². The molecule has 9 heteroatoms. The lowest BCUT2D eigenvalue weighted by atomic mass is 10.1. The molecule has 8 nitrogen and oxygen atoms in total. The molecule has 0 saturated heterocycles. The number of amides is 1. The van der Waals surface area contributed by atoms with Crippen LogP contribution < -0.4 is 10.9 Å². The normalized spacial score (nSPS) is 10.5. The van der Waals surface area contributed by atoms with Gasteiger partial charge in [-0.15, -0.1) is 0 Å². The zero-order chi connectivity index (χ0) is 20.3. The van der Waals surface area contributed by atoms with E-state index in [4.69, 9.17) is 0 Å². The zero-order valence-corrected chi connectivity index (χ0v) is 14.8. The van der Waals surface area contributed by atoms with E-state index in [9.17, 15) is 24.1 Å². The third-order valence-electron chi connectivity index (χ3n) is 3.97. The van der Waals surface area contributed by atoms with Gasteiger partial charge in [0.25, 0.3) is 11.2 Å². The first-order valence-corrected chi connectivity index (χ1v) is 8.22. The Balaban J connectivity index is 1.82. The molecule has 0 bridgehead atoms. The first-order chi connectivity index (χ1) is 13.3. The Bertz CT molecular complexity index is 1130.